The van der Waals surface area contributed by atoms with Crippen molar-refractivity contribution in [3.63, 3.8) is 0 Å². The minimum Gasteiger partial charge on any atom is -0.385 e. The van der Waals surface area contributed by atoms with Gasteiger partial charge in [0.25, 0.3) is 15.9 Å². The van der Waals surface area contributed by atoms with Crippen LogP contribution in [0.5, 0.6) is 0 Å². The minimum atomic E-state index is -3.83. The number of piperidine rings is 1. The first kappa shape index (κ1) is 24.7. The zero-order valence-electron chi connectivity index (χ0n) is 19.0. The molecular weight excluding hydrogens is 442 g/mol. The smallest absolute Gasteiger partial charge is 0.261 e. The van der Waals surface area contributed by atoms with Crippen molar-refractivity contribution in [3.05, 3.63) is 59.7 Å². The summed E-state index contributed by atoms with van der Waals surface area (Å²) >= 11 is 0. The minimum absolute atomic E-state index is 0.00789. The molecule has 9 heteroatoms. The van der Waals surface area contributed by atoms with E-state index >= 15 is 0 Å². The summed E-state index contributed by atoms with van der Waals surface area (Å²) in [5, 5.41) is 2.91. The lowest BCUT2D eigenvalue weighted by Gasteiger charge is -2.31. The summed E-state index contributed by atoms with van der Waals surface area (Å²) in [6.07, 6.45) is 1.92. The average molecular weight is 474 g/mol. The Kier molecular flexibility index (Phi) is 8.46. The van der Waals surface area contributed by atoms with E-state index in [2.05, 4.69) is 10.0 Å². The third kappa shape index (κ3) is 6.79. The molecule has 0 bridgehead atoms. The molecule has 2 N–H and O–H groups in total. The number of sulfonamides is 1. The van der Waals surface area contributed by atoms with Crippen molar-refractivity contribution in [1.82, 2.24) is 10.2 Å². The summed E-state index contributed by atoms with van der Waals surface area (Å²) in [5.41, 5.74) is 1.71. The fraction of sp³-hybridized carbons (Fsp3) is 0.417. The van der Waals surface area contributed by atoms with Gasteiger partial charge in [-0.15, -0.1) is 0 Å². The predicted molar refractivity (Wildman–Crippen MR) is 127 cm³/mol. The van der Waals surface area contributed by atoms with Crippen LogP contribution in [0.3, 0.4) is 0 Å². The number of likely N-dealkylation sites (tertiary alicyclic amines) is 1. The predicted octanol–water partition coefficient (Wildman–Crippen LogP) is 2.80. The maximum Gasteiger partial charge on any atom is 0.261 e. The number of nitrogens with one attached hydrogen (secondary N) is 2. The molecule has 0 unspecified atom stereocenters. The molecule has 178 valence electrons. The molecule has 1 aliphatic rings. The zero-order valence-corrected chi connectivity index (χ0v) is 19.9. The van der Waals surface area contributed by atoms with E-state index in [0.717, 1.165) is 12.0 Å². The van der Waals surface area contributed by atoms with Crippen molar-refractivity contribution in [3.8, 4) is 0 Å². The number of carbonyl (C=O) groups excluding carboxylic acids is 2. The molecule has 3 rings (SSSR count). The summed E-state index contributed by atoms with van der Waals surface area (Å²) in [6.45, 7) is 3.96. The molecule has 8 nitrogen and oxygen atoms in total. The second-order valence-corrected chi connectivity index (χ2v) is 9.89. The summed E-state index contributed by atoms with van der Waals surface area (Å²) < 4.78 is 33.2. The molecule has 1 aliphatic heterocycles. The van der Waals surface area contributed by atoms with E-state index in [-0.39, 0.29) is 22.6 Å². The van der Waals surface area contributed by atoms with Gasteiger partial charge in [-0.3, -0.25) is 14.3 Å². The van der Waals surface area contributed by atoms with Crippen LogP contribution in [0, 0.1) is 12.8 Å². The van der Waals surface area contributed by atoms with E-state index in [1.807, 2.05) is 13.0 Å². The van der Waals surface area contributed by atoms with E-state index in [9.17, 15) is 18.0 Å². The highest BCUT2D eigenvalue weighted by atomic mass is 32.2. The maximum absolute atomic E-state index is 13.0. The molecule has 0 saturated carbocycles. The molecule has 1 saturated heterocycles. The van der Waals surface area contributed by atoms with Crippen molar-refractivity contribution >= 4 is 27.5 Å². The number of benzene rings is 2. The van der Waals surface area contributed by atoms with Crippen molar-refractivity contribution < 1.29 is 22.7 Å². The highest BCUT2D eigenvalue weighted by Crippen LogP contribution is 2.22. The lowest BCUT2D eigenvalue weighted by molar-refractivity contribution is -0.126. The van der Waals surface area contributed by atoms with Crippen LogP contribution in [-0.2, 0) is 19.6 Å². The van der Waals surface area contributed by atoms with Crippen LogP contribution in [0.1, 0.15) is 35.2 Å². The quantitative estimate of drug-likeness (QED) is 0.545. The van der Waals surface area contributed by atoms with Gasteiger partial charge < -0.3 is 15.0 Å². The zero-order chi connectivity index (χ0) is 23.8. The van der Waals surface area contributed by atoms with E-state index in [1.54, 1.807) is 42.3 Å². The number of anilines is 1. The largest absolute Gasteiger partial charge is 0.385 e. The summed E-state index contributed by atoms with van der Waals surface area (Å²) in [6, 6.07) is 13.1. The number of ether oxygens (including phenoxy) is 1. The monoisotopic (exact) mass is 473 g/mol. The Labute approximate surface area is 195 Å². The molecule has 0 aliphatic carbocycles. The van der Waals surface area contributed by atoms with Crippen LogP contribution < -0.4 is 10.0 Å². The van der Waals surface area contributed by atoms with Gasteiger partial charge in [0, 0.05) is 50.5 Å². The Balaban J connectivity index is 1.60. The standard InChI is InChI=1S/C24H31N3O5S/c1-18-6-3-8-21(16-18)26-33(30,31)22-9-4-7-20(17-22)24(29)27-13-10-19(11-14-27)23(28)25-12-5-15-32-2/h3-4,6-9,16-17,19,26H,5,10-15H2,1-2H3,(H,25,28). The normalized spacial score (nSPS) is 14.7. The Morgan fingerprint density at radius 3 is 2.52 bits per heavy atom. The van der Waals surface area contributed by atoms with E-state index in [4.69, 9.17) is 4.74 Å². The molecule has 0 radical (unpaired) electrons. The Morgan fingerprint density at radius 2 is 1.82 bits per heavy atom. The second-order valence-electron chi connectivity index (χ2n) is 8.21. The molecule has 2 amide bonds. The molecule has 0 atom stereocenters. The first-order valence-electron chi connectivity index (χ1n) is 11.1. The van der Waals surface area contributed by atoms with Gasteiger partial charge in [-0.1, -0.05) is 18.2 Å². The number of aryl methyl sites for hydroxylation is 1. The van der Waals surface area contributed by atoms with E-state index < -0.39 is 10.0 Å². The summed E-state index contributed by atoms with van der Waals surface area (Å²) in [7, 11) is -2.21. The number of nitrogens with zero attached hydrogens (tertiary/aromatic N) is 1. The van der Waals surface area contributed by atoms with Gasteiger partial charge in [-0.25, -0.2) is 8.42 Å². The van der Waals surface area contributed by atoms with Crippen LogP contribution in [0.4, 0.5) is 5.69 Å². The molecule has 1 heterocycles. The van der Waals surface area contributed by atoms with Crippen molar-refractivity contribution in [2.45, 2.75) is 31.1 Å². The van der Waals surface area contributed by atoms with Crippen LogP contribution in [-0.4, -0.2) is 58.5 Å². The van der Waals surface area contributed by atoms with Crippen LogP contribution in [0.2, 0.25) is 0 Å². The van der Waals surface area contributed by atoms with Crippen molar-refractivity contribution in [2.24, 2.45) is 5.92 Å². The fourth-order valence-corrected chi connectivity index (χ4v) is 4.91. The number of hydrogen-bond donors (Lipinski definition) is 2. The third-order valence-electron chi connectivity index (χ3n) is 5.64. The van der Waals surface area contributed by atoms with Crippen molar-refractivity contribution in [2.75, 3.05) is 38.1 Å². The molecular formula is C24H31N3O5S. The molecule has 0 spiro atoms. The maximum atomic E-state index is 13.0. The Morgan fingerprint density at radius 1 is 1.09 bits per heavy atom. The number of carbonyl (C=O) groups is 2. The molecule has 1 fully saturated rings. The van der Waals surface area contributed by atoms with Gasteiger partial charge in [0.2, 0.25) is 5.91 Å². The topological polar surface area (TPSA) is 105 Å². The second kappa shape index (κ2) is 11.3. The SMILES string of the molecule is COCCCNC(=O)C1CCN(C(=O)c2cccc(S(=O)(=O)Nc3cccc(C)c3)c2)CC1. The van der Waals surface area contributed by atoms with Gasteiger partial charge >= 0.3 is 0 Å². The average Bonchev–Trinajstić information content (AvgIpc) is 2.81. The highest BCUT2D eigenvalue weighted by Gasteiger charge is 2.28. The number of amides is 2. The van der Waals surface area contributed by atoms with Gasteiger partial charge in [-0.2, -0.15) is 0 Å². The molecule has 0 aromatic heterocycles. The molecule has 2 aromatic carbocycles. The van der Waals surface area contributed by atoms with Gasteiger partial charge in [0.05, 0.1) is 4.90 Å². The number of rotatable bonds is 9. The van der Waals surface area contributed by atoms with Crippen LogP contribution >= 0.6 is 0 Å². The highest BCUT2D eigenvalue weighted by molar-refractivity contribution is 7.92. The molecule has 33 heavy (non-hydrogen) atoms. The Hall–Kier alpha value is -2.91. The first-order chi connectivity index (χ1) is 15.8. The van der Waals surface area contributed by atoms with Gasteiger partial charge in [-0.05, 0) is 62.1 Å². The Bertz CT molecular complexity index is 1080. The summed E-state index contributed by atoms with van der Waals surface area (Å²) in [4.78, 5) is 27.0. The van der Waals surface area contributed by atoms with Crippen LogP contribution in [0.25, 0.3) is 0 Å². The summed E-state index contributed by atoms with van der Waals surface area (Å²) in [5.74, 6) is -0.350. The van der Waals surface area contributed by atoms with Crippen LogP contribution in [0.15, 0.2) is 53.4 Å². The molecule has 2 aromatic rings. The van der Waals surface area contributed by atoms with Gasteiger partial charge in [0.15, 0.2) is 0 Å². The van der Waals surface area contributed by atoms with E-state index in [0.29, 0.717) is 50.3 Å². The fourth-order valence-electron chi connectivity index (χ4n) is 3.82. The first-order valence-corrected chi connectivity index (χ1v) is 12.5. The van der Waals surface area contributed by atoms with Crippen molar-refractivity contribution in [1.29, 1.82) is 0 Å². The third-order valence-corrected chi connectivity index (χ3v) is 7.02. The number of hydrogen-bond acceptors (Lipinski definition) is 5. The van der Waals surface area contributed by atoms with E-state index in [1.165, 1.54) is 12.1 Å². The lowest BCUT2D eigenvalue weighted by atomic mass is 9.95. The van der Waals surface area contributed by atoms with Gasteiger partial charge in [0.1, 0.15) is 0 Å². The number of methoxy groups -OCH3 is 1. The lowest BCUT2D eigenvalue weighted by Crippen LogP contribution is -2.43.